The number of hydrogen-bond acceptors (Lipinski definition) is 2. The number of likely N-dealkylation sites (tertiary alicyclic amines) is 1. The van der Waals surface area contributed by atoms with Crippen LogP contribution in [0, 0.1) is 5.92 Å². The van der Waals surface area contributed by atoms with Crippen molar-refractivity contribution >= 4 is 22.9 Å². The fourth-order valence-electron chi connectivity index (χ4n) is 3.16. The Kier molecular flexibility index (Phi) is 5.77. The lowest BCUT2D eigenvalue weighted by Gasteiger charge is -2.40. The maximum atomic E-state index is 3.82. The molecule has 2 heterocycles. The summed E-state index contributed by atoms with van der Waals surface area (Å²) in [7, 11) is 0. The molecule has 2 aliphatic rings. The van der Waals surface area contributed by atoms with Crippen molar-refractivity contribution in [2.75, 3.05) is 26.2 Å². The second-order valence-electron chi connectivity index (χ2n) is 5.49. The van der Waals surface area contributed by atoms with Gasteiger partial charge in [-0.2, -0.15) is 0 Å². The van der Waals surface area contributed by atoms with Crippen LogP contribution in [0.4, 0.5) is 0 Å². The third-order valence-electron chi connectivity index (χ3n) is 4.35. The minimum absolute atomic E-state index is 0.876. The molecule has 98 valence electrons. The number of piperidine rings is 2. The molecule has 0 atom stereocenters. The van der Waals surface area contributed by atoms with Gasteiger partial charge in [-0.25, -0.2) is 3.11 Å². The lowest BCUT2D eigenvalue weighted by molar-refractivity contribution is 0.0996. The molecule has 0 aromatic heterocycles. The van der Waals surface area contributed by atoms with Crippen LogP contribution < -0.4 is 0 Å². The third kappa shape index (κ3) is 4.21. The average Bonchev–Trinajstić information content (AvgIpc) is 2.38. The fourth-order valence-corrected chi connectivity index (χ4v) is 3.72. The van der Waals surface area contributed by atoms with Crippen molar-refractivity contribution in [3.63, 3.8) is 0 Å². The molecule has 0 amide bonds. The van der Waals surface area contributed by atoms with E-state index < -0.39 is 0 Å². The summed E-state index contributed by atoms with van der Waals surface area (Å²) < 4.78 is 2.44. The highest BCUT2D eigenvalue weighted by Crippen LogP contribution is 2.26. The molecular weight excluding hydrogens is 323 g/mol. The van der Waals surface area contributed by atoms with Crippen LogP contribution in [0.5, 0.6) is 0 Å². The predicted octanol–water partition coefficient (Wildman–Crippen LogP) is 3.48. The monoisotopic (exact) mass is 348 g/mol. The molecule has 0 bridgehead atoms. The quantitative estimate of drug-likeness (QED) is 0.436. The molecule has 2 saturated heterocycles. The van der Waals surface area contributed by atoms with Crippen molar-refractivity contribution in [1.29, 1.82) is 0 Å². The lowest BCUT2D eigenvalue weighted by Crippen LogP contribution is -2.45. The van der Waals surface area contributed by atoms with E-state index in [1.54, 1.807) is 0 Å². The normalized spacial score (nSPS) is 26.2. The molecule has 0 aromatic rings. The van der Waals surface area contributed by atoms with E-state index in [9.17, 15) is 0 Å². The summed E-state index contributed by atoms with van der Waals surface area (Å²) in [6.45, 7) is 9.07. The number of hydrogen-bond donors (Lipinski definition) is 0. The summed E-state index contributed by atoms with van der Waals surface area (Å²) in [6, 6.07) is 0.876. The first-order chi connectivity index (χ1) is 8.29. The van der Waals surface area contributed by atoms with E-state index in [1.165, 1.54) is 64.7 Å². The zero-order chi connectivity index (χ0) is 12.1. The Labute approximate surface area is 120 Å². The van der Waals surface area contributed by atoms with Gasteiger partial charge in [-0.15, -0.1) is 6.58 Å². The fraction of sp³-hybridized carbons (Fsp3) is 0.857. The van der Waals surface area contributed by atoms with E-state index in [0.29, 0.717) is 0 Å². The molecule has 0 aromatic carbocycles. The summed E-state index contributed by atoms with van der Waals surface area (Å²) >= 11 is 2.46. The first-order valence-corrected chi connectivity index (χ1v) is 8.01. The van der Waals surface area contributed by atoms with E-state index in [4.69, 9.17) is 0 Å². The smallest absolute Gasteiger partial charge is 0.0201 e. The summed E-state index contributed by atoms with van der Waals surface area (Å²) in [5, 5.41) is 0. The molecule has 0 N–H and O–H groups in total. The van der Waals surface area contributed by atoms with Gasteiger partial charge in [0.2, 0.25) is 0 Å². The number of halogens is 1. The highest BCUT2D eigenvalue weighted by molar-refractivity contribution is 14.1. The van der Waals surface area contributed by atoms with Gasteiger partial charge in [-0.05, 0) is 57.5 Å². The number of rotatable bonds is 4. The SMILES string of the molecule is C=CCCC1CCN(C2CCN(I)CC2)CC1. The van der Waals surface area contributed by atoms with Crippen LogP contribution in [0.15, 0.2) is 12.7 Å². The highest BCUT2D eigenvalue weighted by atomic mass is 127. The van der Waals surface area contributed by atoms with Crippen molar-refractivity contribution in [2.45, 2.75) is 44.6 Å². The van der Waals surface area contributed by atoms with Crippen LogP contribution in [0.2, 0.25) is 0 Å². The van der Waals surface area contributed by atoms with Gasteiger partial charge in [0.05, 0.1) is 0 Å². The summed E-state index contributed by atoms with van der Waals surface area (Å²) in [5.41, 5.74) is 0. The Morgan fingerprint density at radius 2 is 1.71 bits per heavy atom. The second-order valence-corrected chi connectivity index (χ2v) is 6.85. The summed E-state index contributed by atoms with van der Waals surface area (Å²) in [4.78, 5) is 2.76. The van der Waals surface area contributed by atoms with Crippen molar-refractivity contribution in [2.24, 2.45) is 5.92 Å². The van der Waals surface area contributed by atoms with Crippen molar-refractivity contribution in [3.05, 3.63) is 12.7 Å². The number of nitrogens with zero attached hydrogens (tertiary/aromatic N) is 2. The molecular formula is C14H25IN2. The van der Waals surface area contributed by atoms with Gasteiger partial charge in [0, 0.05) is 42.0 Å². The summed E-state index contributed by atoms with van der Waals surface area (Å²) in [6.07, 6.45) is 10.2. The Morgan fingerprint density at radius 1 is 1.06 bits per heavy atom. The molecule has 2 nitrogen and oxygen atoms in total. The first kappa shape index (κ1) is 13.8. The van der Waals surface area contributed by atoms with Gasteiger partial charge in [-0.3, -0.25) is 0 Å². The van der Waals surface area contributed by atoms with E-state index in [1.807, 2.05) is 0 Å². The van der Waals surface area contributed by atoms with Gasteiger partial charge in [0.25, 0.3) is 0 Å². The van der Waals surface area contributed by atoms with E-state index in [0.717, 1.165) is 12.0 Å². The van der Waals surface area contributed by atoms with Crippen LogP contribution in [0.25, 0.3) is 0 Å². The number of allylic oxidation sites excluding steroid dienone is 1. The topological polar surface area (TPSA) is 6.48 Å². The van der Waals surface area contributed by atoms with Gasteiger partial charge >= 0.3 is 0 Å². The van der Waals surface area contributed by atoms with Crippen molar-refractivity contribution < 1.29 is 0 Å². The van der Waals surface area contributed by atoms with Crippen LogP contribution >= 0.6 is 22.9 Å². The molecule has 0 saturated carbocycles. The molecule has 0 unspecified atom stereocenters. The van der Waals surface area contributed by atoms with Gasteiger partial charge in [0.15, 0.2) is 0 Å². The Hall–Kier alpha value is 0.390. The third-order valence-corrected chi connectivity index (χ3v) is 5.32. The maximum Gasteiger partial charge on any atom is 0.0201 e. The van der Waals surface area contributed by atoms with Gasteiger partial charge in [-0.1, -0.05) is 6.08 Å². The van der Waals surface area contributed by atoms with E-state index >= 15 is 0 Å². The van der Waals surface area contributed by atoms with Crippen LogP contribution in [0.3, 0.4) is 0 Å². The van der Waals surface area contributed by atoms with E-state index in [-0.39, 0.29) is 0 Å². The van der Waals surface area contributed by atoms with Gasteiger partial charge < -0.3 is 4.90 Å². The largest absolute Gasteiger partial charge is 0.300 e. The molecule has 2 rings (SSSR count). The zero-order valence-electron chi connectivity index (χ0n) is 10.8. The lowest BCUT2D eigenvalue weighted by atomic mass is 9.90. The van der Waals surface area contributed by atoms with Crippen molar-refractivity contribution in [1.82, 2.24) is 8.01 Å². The van der Waals surface area contributed by atoms with Gasteiger partial charge in [0.1, 0.15) is 0 Å². The molecule has 2 fully saturated rings. The Morgan fingerprint density at radius 3 is 2.29 bits per heavy atom. The second kappa shape index (κ2) is 7.10. The predicted molar refractivity (Wildman–Crippen MR) is 82.3 cm³/mol. The molecule has 17 heavy (non-hydrogen) atoms. The molecule has 0 aliphatic carbocycles. The average molecular weight is 348 g/mol. The van der Waals surface area contributed by atoms with Crippen LogP contribution in [-0.2, 0) is 0 Å². The highest BCUT2D eigenvalue weighted by Gasteiger charge is 2.27. The zero-order valence-corrected chi connectivity index (χ0v) is 12.9. The molecule has 3 heteroatoms. The minimum atomic E-state index is 0.876. The first-order valence-electron chi connectivity index (χ1n) is 7.05. The van der Waals surface area contributed by atoms with Crippen molar-refractivity contribution in [3.8, 4) is 0 Å². The summed E-state index contributed by atoms with van der Waals surface area (Å²) in [5.74, 6) is 0.967. The van der Waals surface area contributed by atoms with E-state index in [2.05, 4.69) is 43.5 Å². The Bertz CT molecular complexity index is 228. The minimum Gasteiger partial charge on any atom is -0.300 e. The molecule has 2 aliphatic heterocycles. The van der Waals surface area contributed by atoms with Crippen LogP contribution in [-0.4, -0.2) is 40.2 Å². The maximum absolute atomic E-state index is 3.82. The van der Waals surface area contributed by atoms with Crippen LogP contribution in [0.1, 0.15) is 38.5 Å². The standard InChI is InChI=1S/C14H25IN2/c1-2-3-4-13-5-9-16(10-6-13)14-7-11-17(15)12-8-14/h2,13-14H,1,3-12H2. The molecule has 0 radical (unpaired) electrons. The Balaban J connectivity index is 1.69. The molecule has 0 spiro atoms.